The van der Waals surface area contributed by atoms with Crippen LogP contribution in [0.1, 0.15) is 35.3 Å². The van der Waals surface area contributed by atoms with Crippen molar-refractivity contribution < 1.29 is 28.3 Å². The highest BCUT2D eigenvalue weighted by atomic mass is 79.9. The van der Waals surface area contributed by atoms with E-state index in [-0.39, 0.29) is 31.4 Å². The lowest BCUT2D eigenvalue weighted by Gasteiger charge is -2.17. The van der Waals surface area contributed by atoms with E-state index < -0.39 is 25.5 Å². The summed E-state index contributed by atoms with van der Waals surface area (Å²) in [6.07, 6.45) is 0.142. The molecule has 1 amide bonds. The number of carboxylic acid groups (broad SMARTS) is 1. The van der Waals surface area contributed by atoms with E-state index in [1.807, 2.05) is 0 Å². The summed E-state index contributed by atoms with van der Waals surface area (Å²) in [5.74, 6) is -1.69. The van der Waals surface area contributed by atoms with Gasteiger partial charge in [0, 0.05) is 21.5 Å². The largest absolute Gasteiger partial charge is 0.480 e. The molecule has 2 aromatic carbocycles. The quantitative estimate of drug-likeness (QED) is 0.381. The second kappa shape index (κ2) is 11.8. The van der Waals surface area contributed by atoms with Crippen LogP contribution in [0.25, 0.3) is 0 Å². The third kappa shape index (κ3) is 7.74. The van der Waals surface area contributed by atoms with Crippen molar-refractivity contribution in [1.29, 1.82) is 0 Å². The molecule has 0 saturated carbocycles. The van der Waals surface area contributed by atoms with Gasteiger partial charge in [0.2, 0.25) is 0 Å². The highest BCUT2D eigenvalue weighted by molar-refractivity contribution is 9.10. The summed E-state index contributed by atoms with van der Waals surface area (Å²) < 4.78 is 23.9. The fraction of sp³-hybridized carbons (Fsp3) is 0.333. The topological polar surface area (TPSA) is 102 Å². The third-order valence-electron chi connectivity index (χ3n) is 4.28. The number of benzene rings is 2. The number of carbonyl (C=O) groups is 2. The lowest BCUT2D eigenvalue weighted by Crippen LogP contribution is -2.42. The van der Waals surface area contributed by atoms with E-state index in [1.165, 1.54) is 0 Å². The Morgan fingerprint density at radius 2 is 1.74 bits per heavy atom. The Balaban J connectivity index is 2.10. The highest BCUT2D eigenvalue weighted by Gasteiger charge is 2.25. The van der Waals surface area contributed by atoms with E-state index in [2.05, 4.69) is 21.2 Å². The van der Waals surface area contributed by atoms with Gasteiger partial charge in [-0.1, -0.05) is 39.7 Å². The zero-order chi connectivity index (χ0) is 23.0. The van der Waals surface area contributed by atoms with Crippen molar-refractivity contribution >= 4 is 47.0 Å². The van der Waals surface area contributed by atoms with Crippen molar-refractivity contribution in [3.8, 4) is 0 Å². The lowest BCUT2D eigenvalue weighted by atomic mass is 10.1. The fourth-order valence-corrected chi connectivity index (χ4v) is 5.17. The summed E-state index contributed by atoms with van der Waals surface area (Å²) in [5, 5.41) is 12.5. The van der Waals surface area contributed by atoms with Crippen molar-refractivity contribution in [2.75, 3.05) is 13.2 Å². The van der Waals surface area contributed by atoms with Gasteiger partial charge in [-0.15, -0.1) is 0 Å². The SMILES string of the molecule is CCOP(=O)(Cc1ccc(C(=O)N[C@@H](Cc2cc(Cl)ccc2Br)C(=O)O)cc1)OCC. The standard InChI is InChI=1S/C21H24BrClNO6P/c1-3-29-31(28,30-4-2)13-14-5-7-15(8-6-14)20(25)24-19(21(26)27)12-16-11-17(23)9-10-18(16)22/h5-11,19H,3-4,12-13H2,1-2H3,(H,24,25)(H,26,27)/t19-/m0/s1. The third-order valence-corrected chi connectivity index (χ3v) is 7.34. The first-order chi connectivity index (χ1) is 14.7. The molecule has 10 heteroatoms. The van der Waals surface area contributed by atoms with Gasteiger partial charge in [0.1, 0.15) is 6.04 Å². The number of rotatable bonds is 11. The molecule has 1 atom stereocenters. The Bertz CT molecular complexity index is 959. The van der Waals surface area contributed by atoms with Crippen molar-refractivity contribution in [1.82, 2.24) is 5.32 Å². The van der Waals surface area contributed by atoms with E-state index in [9.17, 15) is 19.3 Å². The monoisotopic (exact) mass is 531 g/mol. The number of halogens is 2. The Hall–Kier alpha value is -1.70. The van der Waals surface area contributed by atoms with E-state index in [4.69, 9.17) is 20.6 Å². The van der Waals surface area contributed by atoms with Crippen LogP contribution in [0.4, 0.5) is 0 Å². The molecule has 0 aliphatic rings. The molecule has 2 rings (SSSR count). The summed E-state index contributed by atoms with van der Waals surface area (Å²) in [6.45, 7) is 3.99. The molecule has 0 radical (unpaired) electrons. The number of carbonyl (C=O) groups excluding carboxylic acids is 1. The van der Waals surface area contributed by atoms with Crippen molar-refractivity contribution in [2.45, 2.75) is 32.5 Å². The molecule has 0 fully saturated rings. The van der Waals surface area contributed by atoms with Gasteiger partial charge in [-0.2, -0.15) is 0 Å². The second-order valence-corrected chi connectivity index (χ2v) is 9.95. The maximum absolute atomic E-state index is 12.6. The summed E-state index contributed by atoms with van der Waals surface area (Å²) in [4.78, 5) is 24.3. The molecule has 0 aliphatic heterocycles. The van der Waals surface area contributed by atoms with Crippen LogP contribution in [0.5, 0.6) is 0 Å². The van der Waals surface area contributed by atoms with Gasteiger partial charge in [-0.3, -0.25) is 9.36 Å². The lowest BCUT2D eigenvalue weighted by molar-refractivity contribution is -0.139. The molecular weight excluding hydrogens is 509 g/mol. The highest BCUT2D eigenvalue weighted by Crippen LogP contribution is 2.51. The zero-order valence-electron chi connectivity index (χ0n) is 17.1. The zero-order valence-corrected chi connectivity index (χ0v) is 20.4. The molecule has 0 aliphatic carbocycles. The minimum Gasteiger partial charge on any atom is -0.480 e. The van der Waals surface area contributed by atoms with Gasteiger partial charge in [-0.25, -0.2) is 4.79 Å². The van der Waals surface area contributed by atoms with Crippen LogP contribution < -0.4 is 5.32 Å². The molecule has 0 saturated heterocycles. The van der Waals surface area contributed by atoms with Crippen molar-refractivity contribution in [2.24, 2.45) is 0 Å². The summed E-state index contributed by atoms with van der Waals surface area (Å²) in [6, 6.07) is 10.3. The minimum absolute atomic E-state index is 0.0617. The Kier molecular flexibility index (Phi) is 9.72. The number of hydrogen-bond donors (Lipinski definition) is 2. The van der Waals surface area contributed by atoms with Crippen LogP contribution in [-0.4, -0.2) is 36.2 Å². The molecule has 0 bridgehead atoms. The van der Waals surface area contributed by atoms with Crippen LogP contribution >= 0.6 is 35.1 Å². The summed E-state index contributed by atoms with van der Waals surface area (Å²) in [7, 11) is -3.26. The first kappa shape index (κ1) is 25.6. The molecule has 168 valence electrons. The second-order valence-electron chi connectivity index (χ2n) is 6.61. The Morgan fingerprint density at radius 3 is 2.29 bits per heavy atom. The summed E-state index contributed by atoms with van der Waals surface area (Å²) in [5.41, 5.74) is 1.63. The van der Waals surface area contributed by atoms with Gasteiger partial charge < -0.3 is 19.5 Å². The van der Waals surface area contributed by atoms with E-state index >= 15 is 0 Å². The van der Waals surface area contributed by atoms with Crippen molar-refractivity contribution in [3.63, 3.8) is 0 Å². The minimum atomic E-state index is -3.26. The molecule has 0 spiro atoms. The van der Waals surface area contributed by atoms with E-state index in [0.29, 0.717) is 20.6 Å². The first-order valence-corrected chi connectivity index (χ1v) is 12.5. The van der Waals surface area contributed by atoms with E-state index in [0.717, 1.165) is 0 Å². The average molecular weight is 533 g/mol. The number of aliphatic carboxylic acids is 1. The Labute approximate surface area is 194 Å². The van der Waals surface area contributed by atoms with Crippen LogP contribution in [0, 0.1) is 0 Å². The van der Waals surface area contributed by atoms with Crippen LogP contribution in [0.15, 0.2) is 46.9 Å². The number of nitrogens with one attached hydrogen (secondary N) is 1. The van der Waals surface area contributed by atoms with Gasteiger partial charge in [-0.05, 0) is 55.3 Å². The number of hydrogen-bond acceptors (Lipinski definition) is 5. The number of amides is 1. The number of carboxylic acids is 1. The molecule has 0 aromatic heterocycles. The van der Waals surface area contributed by atoms with Crippen molar-refractivity contribution in [3.05, 3.63) is 68.7 Å². The smallest absolute Gasteiger partial charge is 0.335 e. The van der Waals surface area contributed by atoms with Crippen LogP contribution in [0.2, 0.25) is 5.02 Å². The van der Waals surface area contributed by atoms with Gasteiger partial charge >= 0.3 is 13.6 Å². The molecule has 0 unspecified atom stereocenters. The molecular formula is C21H24BrClNO6P. The molecule has 2 N–H and O–H groups in total. The van der Waals surface area contributed by atoms with Gasteiger partial charge in [0.15, 0.2) is 0 Å². The first-order valence-electron chi connectivity index (χ1n) is 9.62. The molecule has 7 nitrogen and oxygen atoms in total. The van der Waals surface area contributed by atoms with E-state index in [1.54, 1.807) is 56.3 Å². The molecule has 2 aromatic rings. The predicted octanol–water partition coefficient (Wildman–Crippen LogP) is 5.29. The molecule has 0 heterocycles. The Morgan fingerprint density at radius 1 is 1.13 bits per heavy atom. The summed E-state index contributed by atoms with van der Waals surface area (Å²) >= 11 is 9.35. The van der Waals surface area contributed by atoms with Gasteiger partial charge in [0.25, 0.3) is 5.91 Å². The predicted molar refractivity (Wildman–Crippen MR) is 123 cm³/mol. The van der Waals surface area contributed by atoms with Gasteiger partial charge in [0.05, 0.1) is 19.4 Å². The average Bonchev–Trinajstić information content (AvgIpc) is 2.70. The van der Waals surface area contributed by atoms with Crippen LogP contribution in [-0.2, 0) is 31.0 Å². The fourth-order valence-electron chi connectivity index (χ4n) is 2.87. The molecule has 31 heavy (non-hydrogen) atoms. The maximum Gasteiger partial charge on any atom is 0.335 e. The maximum atomic E-state index is 12.6. The normalized spacial score (nSPS) is 12.4. The van der Waals surface area contributed by atoms with Crippen LogP contribution in [0.3, 0.4) is 0 Å².